The molecule has 26 heavy (non-hydrogen) atoms. The topological polar surface area (TPSA) is 67.9 Å². The van der Waals surface area contributed by atoms with E-state index in [2.05, 4.69) is 4.72 Å². The Bertz CT molecular complexity index is 790. The zero-order chi connectivity index (χ0) is 19.2. The second-order valence-electron chi connectivity index (χ2n) is 6.12. The van der Waals surface area contributed by atoms with E-state index in [1.807, 2.05) is 43.4 Å². The number of ether oxygens (including phenoxy) is 2. The molecule has 0 saturated heterocycles. The van der Waals surface area contributed by atoms with E-state index in [-0.39, 0.29) is 10.9 Å². The van der Waals surface area contributed by atoms with Gasteiger partial charge in [0.15, 0.2) is 0 Å². The van der Waals surface area contributed by atoms with Crippen LogP contribution in [0.15, 0.2) is 40.6 Å². The van der Waals surface area contributed by atoms with E-state index in [4.69, 9.17) is 9.47 Å². The second-order valence-corrected chi connectivity index (χ2v) is 8.86. The first kappa shape index (κ1) is 20.9. The number of thiophene rings is 1. The Morgan fingerprint density at radius 1 is 1.23 bits per heavy atom. The monoisotopic (exact) mass is 398 g/mol. The number of rotatable bonds is 10. The third kappa shape index (κ3) is 5.52. The predicted molar refractivity (Wildman–Crippen MR) is 104 cm³/mol. The molecule has 2 aromatic rings. The van der Waals surface area contributed by atoms with Crippen LogP contribution in [0, 0.1) is 6.92 Å². The molecule has 1 heterocycles. The molecule has 0 saturated carbocycles. The normalized spacial score (nSPS) is 13.1. The van der Waals surface area contributed by atoms with Crippen molar-refractivity contribution >= 4 is 21.4 Å². The number of hydrogen-bond acceptors (Lipinski definition) is 6. The molecule has 1 aromatic heterocycles. The number of nitrogens with one attached hydrogen (secondary N) is 1. The van der Waals surface area contributed by atoms with Crippen molar-refractivity contribution in [1.82, 2.24) is 9.62 Å². The van der Waals surface area contributed by atoms with Crippen LogP contribution in [0.3, 0.4) is 0 Å². The molecule has 1 atom stereocenters. The number of likely N-dealkylation sites (N-methyl/N-ethyl adjacent to an activating group) is 1. The van der Waals surface area contributed by atoms with Crippen LogP contribution < -0.4 is 9.46 Å². The molecule has 2 rings (SSSR count). The molecule has 0 radical (unpaired) electrons. The first-order valence-corrected chi connectivity index (χ1v) is 10.6. The predicted octanol–water partition coefficient (Wildman–Crippen LogP) is 2.66. The van der Waals surface area contributed by atoms with Crippen molar-refractivity contribution in [1.29, 1.82) is 0 Å². The van der Waals surface area contributed by atoms with Crippen molar-refractivity contribution in [2.45, 2.75) is 17.9 Å². The van der Waals surface area contributed by atoms with Crippen LogP contribution in [0.2, 0.25) is 0 Å². The second kappa shape index (κ2) is 9.48. The summed E-state index contributed by atoms with van der Waals surface area (Å²) >= 11 is 1.62. The fourth-order valence-corrected chi connectivity index (χ4v) is 4.52. The lowest BCUT2D eigenvalue weighted by atomic mass is 10.2. The van der Waals surface area contributed by atoms with Gasteiger partial charge in [0.05, 0.1) is 17.5 Å². The van der Waals surface area contributed by atoms with Gasteiger partial charge < -0.3 is 14.4 Å². The molecular formula is C18H26N2O4S2. The van der Waals surface area contributed by atoms with E-state index < -0.39 is 10.0 Å². The number of aryl methyl sites for hydroxylation is 1. The molecule has 0 spiro atoms. The average Bonchev–Trinajstić information content (AvgIpc) is 3.10. The average molecular weight is 399 g/mol. The number of nitrogens with zero attached hydrogens (tertiary/aromatic N) is 1. The van der Waals surface area contributed by atoms with Gasteiger partial charge in [0.25, 0.3) is 0 Å². The van der Waals surface area contributed by atoms with Crippen LogP contribution in [0.5, 0.6) is 5.75 Å². The molecule has 0 amide bonds. The Morgan fingerprint density at radius 2 is 2.00 bits per heavy atom. The minimum atomic E-state index is -3.60. The standard InChI is InChI=1S/C18H26N2O4S2/c1-14-12-15(7-8-17(14)24-10-9-23-4)26(21,22)19-13-16(20(2)3)18-6-5-11-25-18/h5-8,11-12,16,19H,9-10,13H2,1-4H3/t16-/m1/s1. The lowest BCUT2D eigenvalue weighted by molar-refractivity contribution is 0.146. The summed E-state index contributed by atoms with van der Waals surface area (Å²) in [6, 6.07) is 8.84. The highest BCUT2D eigenvalue weighted by atomic mass is 32.2. The molecule has 6 nitrogen and oxygen atoms in total. The summed E-state index contributed by atoms with van der Waals surface area (Å²) in [7, 11) is 1.89. The molecule has 1 aromatic carbocycles. The highest BCUT2D eigenvalue weighted by Gasteiger charge is 2.21. The smallest absolute Gasteiger partial charge is 0.240 e. The number of sulfonamides is 1. The maximum atomic E-state index is 12.7. The van der Waals surface area contributed by atoms with Crippen molar-refractivity contribution < 1.29 is 17.9 Å². The summed E-state index contributed by atoms with van der Waals surface area (Å²) in [4.78, 5) is 3.36. The maximum absolute atomic E-state index is 12.7. The van der Waals surface area contributed by atoms with Crippen LogP contribution in [-0.2, 0) is 14.8 Å². The largest absolute Gasteiger partial charge is 0.491 e. The zero-order valence-corrected chi connectivity index (χ0v) is 17.2. The van der Waals surface area contributed by atoms with Crippen molar-refractivity contribution in [2.24, 2.45) is 0 Å². The molecular weight excluding hydrogens is 372 g/mol. The van der Waals surface area contributed by atoms with Gasteiger partial charge in [-0.05, 0) is 56.2 Å². The van der Waals surface area contributed by atoms with Crippen LogP contribution >= 0.6 is 11.3 Å². The molecule has 0 aliphatic rings. The summed E-state index contributed by atoms with van der Waals surface area (Å²) in [6.07, 6.45) is 0. The summed E-state index contributed by atoms with van der Waals surface area (Å²) in [5.41, 5.74) is 0.770. The maximum Gasteiger partial charge on any atom is 0.240 e. The number of methoxy groups -OCH3 is 1. The van der Waals surface area contributed by atoms with E-state index in [0.29, 0.717) is 25.5 Å². The molecule has 0 unspecified atom stereocenters. The first-order valence-electron chi connectivity index (χ1n) is 8.27. The van der Waals surface area contributed by atoms with Crippen molar-refractivity contribution in [3.8, 4) is 5.75 Å². The molecule has 0 aliphatic heterocycles. The number of hydrogen-bond donors (Lipinski definition) is 1. The van der Waals surface area contributed by atoms with Crippen LogP contribution in [0.25, 0.3) is 0 Å². The zero-order valence-electron chi connectivity index (χ0n) is 15.6. The number of benzene rings is 1. The summed E-state index contributed by atoms with van der Waals surface area (Å²) < 4.78 is 38.6. The summed E-state index contributed by atoms with van der Waals surface area (Å²) in [6.45, 7) is 3.04. The van der Waals surface area contributed by atoms with Crippen molar-refractivity contribution in [3.05, 3.63) is 46.2 Å². The molecule has 0 bridgehead atoms. The minimum absolute atomic E-state index is 0.0116. The van der Waals surface area contributed by atoms with Crippen molar-refractivity contribution in [2.75, 3.05) is 41.0 Å². The van der Waals surface area contributed by atoms with Gasteiger partial charge in [-0.15, -0.1) is 11.3 Å². The van der Waals surface area contributed by atoms with Gasteiger partial charge >= 0.3 is 0 Å². The quantitative estimate of drug-likeness (QED) is 0.623. The molecule has 8 heteroatoms. The van der Waals surface area contributed by atoms with Crippen LogP contribution in [-0.4, -0.2) is 54.3 Å². The summed E-state index contributed by atoms with van der Waals surface area (Å²) in [5, 5.41) is 1.99. The lowest BCUT2D eigenvalue weighted by Gasteiger charge is -2.23. The van der Waals surface area contributed by atoms with E-state index >= 15 is 0 Å². The highest BCUT2D eigenvalue weighted by Crippen LogP contribution is 2.24. The van der Waals surface area contributed by atoms with E-state index in [0.717, 1.165) is 10.4 Å². The van der Waals surface area contributed by atoms with E-state index in [1.54, 1.807) is 36.6 Å². The Balaban J connectivity index is 2.08. The Hall–Kier alpha value is -1.45. The van der Waals surface area contributed by atoms with Gasteiger partial charge in [-0.1, -0.05) is 6.07 Å². The Labute approximate surface area is 159 Å². The van der Waals surface area contributed by atoms with Crippen LogP contribution in [0.4, 0.5) is 0 Å². The van der Waals surface area contributed by atoms with Gasteiger partial charge in [-0.2, -0.15) is 0 Å². The van der Waals surface area contributed by atoms with Crippen LogP contribution in [0.1, 0.15) is 16.5 Å². The van der Waals surface area contributed by atoms with Gasteiger partial charge in [0, 0.05) is 18.5 Å². The third-order valence-corrected chi connectivity index (χ3v) is 6.36. The SMILES string of the molecule is COCCOc1ccc(S(=O)(=O)NC[C@H](c2cccs2)N(C)C)cc1C. The minimum Gasteiger partial charge on any atom is -0.491 e. The third-order valence-electron chi connectivity index (χ3n) is 3.96. The molecule has 144 valence electrons. The first-order chi connectivity index (χ1) is 12.3. The van der Waals surface area contributed by atoms with E-state index in [1.165, 1.54) is 0 Å². The summed E-state index contributed by atoms with van der Waals surface area (Å²) in [5.74, 6) is 0.658. The van der Waals surface area contributed by atoms with Gasteiger partial charge in [-0.3, -0.25) is 0 Å². The fraction of sp³-hybridized carbons (Fsp3) is 0.444. The van der Waals surface area contributed by atoms with Gasteiger partial charge in [0.2, 0.25) is 10.0 Å². The Morgan fingerprint density at radius 3 is 2.58 bits per heavy atom. The van der Waals surface area contributed by atoms with Crippen molar-refractivity contribution in [3.63, 3.8) is 0 Å². The van der Waals surface area contributed by atoms with Gasteiger partial charge in [-0.25, -0.2) is 13.1 Å². The Kier molecular flexibility index (Phi) is 7.60. The van der Waals surface area contributed by atoms with E-state index in [9.17, 15) is 8.42 Å². The van der Waals surface area contributed by atoms with Gasteiger partial charge in [0.1, 0.15) is 12.4 Å². The fourth-order valence-electron chi connectivity index (χ4n) is 2.48. The highest BCUT2D eigenvalue weighted by molar-refractivity contribution is 7.89. The molecule has 1 N–H and O–H groups in total. The lowest BCUT2D eigenvalue weighted by Crippen LogP contribution is -2.34. The molecule has 0 fully saturated rings. The molecule has 0 aliphatic carbocycles.